The summed E-state index contributed by atoms with van der Waals surface area (Å²) in [5, 5.41) is 8.68. The molecule has 2 aliphatic heterocycles. The van der Waals surface area contributed by atoms with E-state index in [1.807, 2.05) is 0 Å². The van der Waals surface area contributed by atoms with Gasteiger partial charge in [-0.2, -0.15) is 5.10 Å². The van der Waals surface area contributed by atoms with Crippen molar-refractivity contribution in [2.45, 2.75) is 39.2 Å². The number of nitrogens with one attached hydrogen (secondary N) is 1. The molecule has 31 heavy (non-hydrogen) atoms. The lowest BCUT2D eigenvalue weighted by Crippen LogP contribution is -2.38. The third kappa shape index (κ3) is 5.68. The molecule has 2 saturated heterocycles. The van der Waals surface area contributed by atoms with Gasteiger partial charge in [-0.05, 0) is 43.3 Å². The maximum absolute atomic E-state index is 5.57. The van der Waals surface area contributed by atoms with E-state index in [0.717, 1.165) is 51.7 Å². The number of benzene rings is 1. The van der Waals surface area contributed by atoms with E-state index in [1.54, 1.807) is 0 Å². The van der Waals surface area contributed by atoms with E-state index in [2.05, 4.69) is 71.0 Å². The molecule has 2 aliphatic rings. The topological polar surface area (TPSA) is 45.6 Å². The van der Waals surface area contributed by atoms with Gasteiger partial charge in [0.15, 0.2) is 0 Å². The van der Waals surface area contributed by atoms with Gasteiger partial charge in [0, 0.05) is 45.3 Å². The Balaban J connectivity index is 1.30. The molecule has 4 rings (SSSR count). The van der Waals surface area contributed by atoms with Crippen molar-refractivity contribution in [3.8, 4) is 0 Å². The first-order valence-electron chi connectivity index (χ1n) is 12.0. The summed E-state index contributed by atoms with van der Waals surface area (Å²) in [6.45, 7) is 13.6. The van der Waals surface area contributed by atoms with Gasteiger partial charge in [-0.15, -0.1) is 0 Å². The summed E-state index contributed by atoms with van der Waals surface area (Å²) in [6.07, 6.45) is 2.44. The SMILES string of the molecule is CC(C)c1nn(C)c(N2CCOCC2)c1CNCC1CCN(CCc2ccccc2)C1. The summed E-state index contributed by atoms with van der Waals surface area (Å²) in [5.74, 6) is 2.44. The zero-order chi connectivity index (χ0) is 21.6. The maximum Gasteiger partial charge on any atom is 0.131 e. The minimum Gasteiger partial charge on any atom is -0.378 e. The summed E-state index contributed by atoms with van der Waals surface area (Å²) >= 11 is 0. The number of aryl methyl sites for hydroxylation is 1. The van der Waals surface area contributed by atoms with Gasteiger partial charge in [-0.25, -0.2) is 0 Å². The van der Waals surface area contributed by atoms with Gasteiger partial charge in [0.25, 0.3) is 0 Å². The van der Waals surface area contributed by atoms with Crippen LogP contribution in [-0.2, 0) is 24.8 Å². The van der Waals surface area contributed by atoms with Crippen LogP contribution in [0.2, 0.25) is 0 Å². The Morgan fingerprint density at radius 3 is 2.65 bits per heavy atom. The molecule has 2 fully saturated rings. The monoisotopic (exact) mass is 425 g/mol. The molecule has 1 aromatic heterocycles. The van der Waals surface area contributed by atoms with Gasteiger partial charge in [-0.3, -0.25) is 4.68 Å². The Morgan fingerprint density at radius 2 is 1.90 bits per heavy atom. The van der Waals surface area contributed by atoms with Crippen LogP contribution in [0.5, 0.6) is 0 Å². The van der Waals surface area contributed by atoms with Crippen LogP contribution in [0.15, 0.2) is 30.3 Å². The van der Waals surface area contributed by atoms with E-state index < -0.39 is 0 Å². The fraction of sp³-hybridized carbons (Fsp3) is 0.640. The van der Waals surface area contributed by atoms with E-state index in [-0.39, 0.29) is 0 Å². The minimum atomic E-state index is 0.428. The summed E-state index contributed by atoms with van der Waals surface area (Å²) < 4.78 is 7.65. The summed E-state index contributed by atoms with van der Waals surface area (Å²) in [7, 11) is 2.09. The van der Waals surface area contributed by atoms with Crippen molar-refractivity contribution in [1.82, 2.24) is 20.0 Å². The smallest absolute Gasteiger partial charge is 0.131 e. The van der Waals surface area contributed by atoms with E-state index >= 15 is 0 Å². The molecule has 0 radical (unpaired) electrons. The Labute approximate surface area is 187 Å². The van der Waals surface area contributed by atoms with E-state index in [1.165, 1.54) is 48.7 Å². The molecule has 1 atom stereocenters. The second-order valence-corrected chi connectivity index (χ2v) is 9.39. The van der Waals surface area contributed by atoms with Gasteiger partial charge in [0.2, 0.25) is 0 Å². The second-order valence-electron chi connectivity index (χ2n) is 9.39. The van der Waals surface area contributed by atoms with Crippen LogP contribution in [0.25, 0.3) is 0 Å². The first-order valence-corrected chi connectivity index (χ1v) is 12.0. The number of aromatic nitrogens is 2. The van der Waals surface area contributed by atoms with Gasteiger partial charge in [-0.1, -0.05) is 44.2 Å². The third-order valence-electron chi connectivity index (χ3n) is 6.67. The minimum absolute atomic E-state index is 0.428. The number of hydrogen-bond donors (Lipinski definition) is 1. The fourth-order valence-corrected chi connectivity index (χ4v) is 5.00. The Hall–Kier alpha value is -1.89. The van der Waals surface area contributed by atoms with Crippen molar-refractivity contribution in [3.63, 3.8) is 0 Å². The highest BCUT2D eigenvalue weighted by Crippen LogP contribution is 2.29. The van der Waals surface area contributed by atoms with Crippen LogP contribution in [0.3, 0.4) is 0 Å². The number of hydrogen-bond acceptors (Lipinski definition) is 5. The highest BCUT2D eigenvalue weighted by Gasteiger charge is 2.25. The van der Waals surface area contributed by atoms with Crippen molar-refractivity contribution >= 4 is 5.82 Å². The Morgan fingerprint density at radius 1 is 1.13 bits per heavy atom. The highest BCUT2D eigenvalue weighted by atomic mass is 16.5. The highest BCUT2D eigenvalue weighted by molar-refractivity contribution is 5.51. The second kappa shape index (κ2) is 10.6. The number of morpholine rings is 1. The number of likely N-dealkylation sites (tertiary alicyclic amines) is 1. The largest absolute Gasteiger partial charge is 0.378 e. The molecule has 3 heterocycles. The number of ether oxygens (including phenoxy) is 1. The predicted octanol–water partition coefficient (Wildman–Crippen LogP) is 3.03. The molecule has 1 unspecified atom stereocenters. The zero-order valence-corrected chi connectivity index (χ0v) is 19.5. The van der Waals surface area contributed by atoms with Crippen LogP contribution in [0.1, 0.15) is 43.0 Å². The molecule has 0 spiro atoms. The van der Waals surface area contributed by atoms with Crippen LogP contribution >= 0.6 is 0 Å². The van der Waals surface area contributed by atoms with Crippen LogP contribution in [-0.4, -0.2) is 67.2 Å². The summed E-state index contributed by atoms with van der Waals surface area (Å²) in [6, 6.07) is 10.9. The van der Waals surface area contributed by atoms with Crippen molar-refractivity contribution < 1.29 is 4.74 Å². The van der Waals surface area contributed by atoms with Crippen LogP contribution in [0, 0.1) is 5.92 Å². The van der Waals surface area contributed by atoms with Crippen molar-refractivity contribution in [3.05, 3.63) is 47.2 Å². The molecule has 0 saturated carbocycles. The number of nitrogens with zero attached hydrogens (tertiary/aromatic N) is 4. The average molecular weight is 426 g/mol. The van der Waals surface area contributed by atoms with Gasteiger partial charge < -0.3 is 19.9 Å². The van der Waals surface area contributed by atoms with Crippen molar-refractivity contribution in [2.75, 3.05) is 57.4 Å². The normalized spacial score (nSPS) is 20.1. The first kappa shape index (κ1) is 22.3. The van der Waals surface area contributed by atoms with Gasteiger partial charge in [0.1, 0.15) is 5.82 Å². The lowest BCUT2D eigenvalue weighted by Gasteiger charge is -2.29. The quantitative estimate of drug-likeness (QED) is 0.669. The lowest BCUT2D eigenvalue weighted by molar-refractivity contribution is 0.122. The average Bonchev–Trinajstić information content (AvgIpc) is 3.38. The van der Waals surface area contributed by atoms with Crippen LogP contribution in [0.4, 0.5) is 5.82 Å². The van der Waals surface area contributed by atoms with Crippen molar-refractivity contribution in [1.29, 1.82) is 0 Å². The van der Waals surface area contributed by atoms with Crippen molar-refractivity contribution in [2.24, 2.45) is 13.0 Å². The van der Waals surface area contributed by atoms with E-state index in [4.69, 9.17) is 9.84 Å². The predicted molar refractivity (Wildman–Crippen MR) is 127 cm³/mol. The number of rotatable bonds is 9. The molecule has 2 aromatic rings. The standard InChI is InChI=1S/C25H39N5O/c1-20(2)24-23(25(28(3)27-24)30-13-15-31-16-14-30)18-26-17-22-10-12-29(19-22)11-9-21-7-5-4-6-8-21/h4-8,20,22,26H,9-19H2,1-3H3. The van der Waals surface area contributed by atoms with E-state index in [9.17, 15) is 0 Å². The fourth-order valence-electron chi connectivity index (χ4n) is 5.00. The van der Waals surface area contributed by atoms with Crippen LogP contribution < -0.4 is 10.2 Å². The molecular weight excluding hydrogens is 386 g/mol. The van der Waals surface area contributed by atoms with Gasteiger partial charge in [0.05, 0.1) is 18.9 Å². The molecule has 1 N–H and O–H groups in total. The number of anilines is 1. The molecule has 6 heteroatoms. The maximum atomic E-state index is 5.57. The molecule has 0 aliphatic carbocycles. The third-order valence-corrected chi connectivity index (χ3v) is 6.67. The molecular formula is C25H39N5O. The Bertz CT molecular complexity index is 813. The molecule has 0 amide bonds. The molecule has 0 bridgehead atoms. The first-order chi connectivity index (χ1) is 15.1. The summed E-state index contributed by atoms with van der Waals surface area (Å²) in [5.41, 5.74) is 4.04. The zero-order valence-electron chi connectivity index (χ0n) is 19.5. The molecule has 1 aromatic carbocycles. The molecule has 170 valence electrons. The molecule has 6 nitrogen and oxygen atoms in total. The Kier molecular flexibility index (Phi) is 7.64. The summed E-state index contributed by atoms with van der Waals surface area (Å²) in [4.78, 5) is 5.07. The lowest BCUT2D eigenvalue weighted by atomic mass is 10.0. The van der Waals surface area contributed by atoms with E-state index in [0.29, 0.717) is 5.92 Å². The van der Waals surface area contributed by atoms with Gasteiger partial charge >= 0.3 is 0 Å².